The zero-order valence-corrected chi connectivity index (χ0v) is 17.3. The molecule has 0 aromatic heterocycles. The van der Waals surface area contributed by atoms with E-state index in [4.69, 9.17) is 0 Å². The molecule has 0 atom stereocenters. The highest BCUT2D eigenvalue weighted by atomic mass is 32.2. The Morgan fingerprint density at radius 2 is 1.67 bits per heavy atom. The number of hydrogen-bond donors (Lipinski definition) is 2. The van der Waals surface area contributed by atoms with Gasteiger partial charge in [0.1, 0.15) is 0 Å². The first-order chi connectivity index (χ1) is 12.6. The summed E-state index contributed by atoms with van der Waals surface area (Å²) in [6.07, 6.45) is 0. The summed E-state index contributed by atoms with van der Waals surface area (Å²) in [5, 5.41) is 2.79. The van der Waals surface area contributed by atoms with Crippen LogP contribution in [0.3, 0.4) is 0 Å². The van der Waals surface area contributed by atoms with E-state index in [2.05, 4.69) is 10.0 Å². The van der Waals surface area contributed by atoms with Crippen LogP contribution >= 0.6 is 0 Å². The van der Waals surface area contributed by atoms with Crippen molar-refractivity contribution in [1.82, 2.24) is 10.2 Å². The van der Waals surface area contributed by atoms with Crippen molar-refractivity contribution in [3.05, 3.63) is 58.7 Å². The van der Waals surface area contributed by atoms with Crippen LogP contribution in [0.2, 0.25) is 0 Å². The van der Waals surface area contributed by atoms with Gasteiger partial charge in [-0.3, -0.25) is 9.52 Å². The summed E-state index contributed by atoms with van der Waals surface area (Å²) in [5.74, 6) is -0.295. The summed E-state index contributed by atoms with van der Waals surface area (Å²) < 4.78 is 28.3. The third kappa shape index (κ3) is 5.55. The van der Waals surface area contributed by atoms with E-state index in [1.807, 2.05) is 51.9 Å². The van der Waals surface area contributed by atoms with E-state index in [1.54, 1.807) is 12.1 Å². The van der Waals surface area contributed by atoms with E-state index in [1.165, 1.54) is 12.1 Å². The summed E-state index contributed by atoms with van der Waals surface area (Å²) in [6.45, 7) is 6.90. The van der Waals surface area contributed by atoms with Gasteiger partial charge in [-0.25, -0.2) is 8.42 Å². The lowest BCUT2D eigenvalue weighted by Gasteiger charge is -2.15. The molecule has 2 aromatic carbocycles. The Morgan fingerprint density at radius 1 is 1.04 bits per heavy atom. The fourth-order valence-corrected chi connectivity index (χ4v) is 4.08. The Balaban J connectivity index is 2.23. The predicted octanol–water partition coefficient (Wildman–Crippen LogP) is 2.70. The second-order valence-electron chi connectivity index (χ2n) is 6.97. The van der Waals surface area contributed by atoms with Gasteiger partial charge in [-0.15, -0.1) is 0 Å². The van der Waals surface area contributed by atoms with Crippen LogP contribution in [0.1, 0.15) is 27.0 Å². The topological polar surface area (TPSA) is 78.5 Å². The van der Waals surface area contributed by atoms with E-state index < -0.39 is 10.0 Å². The molecule has 6 nitrogen and oxygen atoms in total. The molecule has 0 spiro atoms. The van der Waals surface area contributed by atoms with Gasteiger partial charge in [0.2, 0.25) is 0 Å². The highest BCUT2D eigenvalue weighted by molar-refractivity contribution is 7.92. The van der Waals surface area contributed by atoms with E-state index >= 15 is 0 Å². The van der Waals surface area contributed by atoms with Crippen molar-refractivity contribution in [2.24, 2.45) is 0 Å². The van der Waals surface area contributed by atoms with Crippen molar-refractivity contribution < 1.29 is 13.2 Å². The summed E-state index contributed by atoms with van der Waals surface area (Å²) >= 11 is 0. The molecule has 2 aromatic rings. The molecule has 7 heteroatoms. The number of carbonyl (C=O) groups excluding carboxylic acids is 1. The SMILES string of the molecule is Cc1cc(C)c(NS(=O)(=O)c2cccc(C(=O)NCCN(C)C)c2)c(C)c1. The minimum Gasteiger partial charge on any atom is -0.351 e. The number of rotatable bonds is 7. The highest BCUT2D eigenvalue weighted by Crippen LogP contribution is 2.25. The predicted molar refractivity (Wildman–Crippen MR) is 109 cm³/mol. The average Bonchev–Trinajstić information content (AvgIpc) is 2.58. The van der Waals surface area contributed by atoms with Gasteiger partial charge in [0.05, 0.1) is 10.6 Å². The maximum absolute atomic E-state index is 12.8. The van der Waals surface area contributed by atoms with Crippen molar-refractivity contribution in [3.63, 3.8) is 0 Å². The van der Waals surface area contributed by atoms with Gasteiger partial charge in [0.25, 0.3) is 15.9 Å². The minimum atomic E-state index is -3.80. The third-order valence-electron chi connectivity index (χ3n) is 4.16. The molecule has 0 bridgehead atoms. The molecule has 0 aliphatic heterocycles. The average molecular weight is 390 g/mol. The van der Waals surface area contributed by atoms with Crippen LogP contribution in [0.5, 0.6) is 0 Å². The van der Waals surface area contributed by atoms with Gasteiger partial charge in [-0.1, -0.05) is 23.8 Å². The van der Waals surface area contributed by atoms with E-state index in [-0.39, 0.29) is 10.8 Å². The fourth-order valence-electron chi connectivity index (χ4n) is 2.83. The normalized spacial score (nSPS) is 11.5. The number of carbonyl (C=O) groups is 1. The van der Waals surface area contributed by atoms with E-state index in [9.17, 15) is 13.2 Å². The molecule has 2 N–H and O–H groups in total. The molecule has 0 fully saturated rings. The van der Waals surface area contributed by atoms with Crippen LogP contribution in [0.25, 0.3) is 0 Å². The van der Waals surface area contributed by atoms with Crippen LogP contribution in [0.15, 0.2) is 41.3 Å². The zero-order valence-electron chi connectivity index (χ0n) is 16.5. The number of benzene rings is 2. The number of likely N-dealkylation sites (N-methyl/N-ethyl adjacent to an activating group) is 1. The molecule has 146 valence electrons. The number of amides is 1. The molecule has 2 rings (SSSR count). The fraction of sp³-hybridized carbons (Fsp3) is 0.350. The van der Waals surface area contributed by atoms with Gasteiger partial charge < -0.3 is 10.2 Å². The molecule has 0 unspecified atom stereocenters. The summed E-state index contributed by atoms with van der Waals surface area (Å²) in [6, 6.07) is 9.92. The maximum atomic E-state index is 12.8. The second-order valence-corrected chi connectivity index (χ2v) is 8.65. The van der Waals surface area contributed by atoms with Crippen LogP contribution in [-0.4, -0.2) is 46.4 Å². The maximum Gasteiger partial charge on any atom is 0.261 e. The summed E-state index contributed by atoms with van der Waals surface area (Å²) in [4.78, 5) is 14.3. The Bertz CT molecular complexity index is 914. The van der Waals surface area contributed by atoms with Gasteiger partial charge in [0, 0.05) is 18.7 Å². The van der Waals surface area contributed by atoms with E-state index in [0.29, 0.717) is 24.3 Å². The monoisotopic (exact) mass is 389 g/mol. The quantitative estimate of drug-likeness (QED) is 0.763. The zero-order chi connectivity index (χ0) is 20.2. The third-order valence-corrected chi connectivity index (χ3v) is 5.51. The largest absolute Gasteiger partial charge is 0.351 e. The Labute approximate surface area is 161 Å². The molecular formula is C20H27N3O3S. The van der Waals surface area contributed by atoms with Crippen LogP contribution in [0.4, 0.5) is 5.69 Å². The van der Waals surface area contributed by atoms with Gasteiger partial charge in [0.15, 0.2) is 0 Å². The molecule has 0 aliphatic rings. The number of anilines is 1. The molecule has 1 amide bonds. The van der Waals surface area contributed by atoms with Crippen LogP contribution in [0, 0.1) is 20.8 Å². The molecule has 0 saturated carbocycles. The Morgan fingerprint density at radius 3 is 2.26 bits per heavy atom. The van der Waals surface area contributed by atoms with Crippen molar-refractivity contribution in [3.8, 4) is 0 Å². The van der Waals surface area contributed by atoms with Crippen molar-refractivity contribution in [1.29, 1.82) is 0 Å². The van der Waals surface area contributed by atoms with Gasteiger partial charge in [-0.05, 0) is 64.2 Å². The molecule has 0 saturated heterocycles. The second kappa shape index (κ2) is 8.54. The molecule has 0 radical (unpaired) electrons. The number of hydrogen-bond acceptors (Lipinski definition) is 4. The first-order valence-electron chi connectivity index (χ1n) is 8.74. The van der Waals surface area contributed by atoms with Crippen molar-refractivity contribution in [2.75, 3.05) is 31.9 Å². The van der Waals surface area contributed by atoms with Gasteiger partial charge >= 0.3 is 0 Å². The minimum absolute atomic E-state index is 0.0575. The lowest BCUT2D eigenvalue weighted by Crippen LogP contribution is -2.31. The number of nitrogens with one attached hydrogen (secondary N) is 2. The molecule has 27 heavy (non-hydrogen) atoms. The van der Waals surface area contributed by atoms with E-state index in [0.717, 1.165) is 16.7 Å². The smallest absolute Gasteiger partial charge is 0.261 e. The first kappa shape index (κ1) is 20.9. The standard InChI is InChI=1S/C20H27N3O3S/c1-14-11-15(2)19(16(3)12-14)22-27(25,26)18-8-6-7-17(13-18)20(24)21-9-10-23(4)5/h6-8,11-13,22H,9-10H2,1-5H3,(H,21,24). The number of sulfonamides is 1. The Hall–Kier alpha value is -2.38. The molecular weight excluding hydrogens is 362 g/mol. The van der Waals surface area contributed by atoms with Crippen molar-refractivity contribution >= 4 is 21.6 Å². The highest BCUT2D eigenvalue weighted by Gasteiger charge is 2.18. The lowest BCUT2D eigenvalue weighted by molar-refractivity contribution is 0.0951. The first-order valence-corrected chi connectivity index (χ1v) is 10.2. The molecule has 0 heterocycles. The van der Waals surface area contributed by atoms with Crippen molar-refractivity contribution in [2.45, 2.75) is 25.7 Å². The molecule has 0 aliphatic carbocycles. The summed E-state index contributed by atoms with van der Waals surface area (Å²) in [5.41, 5.74) is 3.67. The van der Waals surface area contributed by atoms with Crippen LogP contribution < -0.4 is 10.0 Å². The Kier molecular flexibility index (Phi) is 6.62. The number of aryl methyl sites for hydroxylation is 3. The van der Waals surface area contributed by atoms with Crippen LogP contribution in [-0.2, 0) is 10.0 Å². The van der Waals surface area contributed by atoms with Gasteiger partial charge in [-0.2, -0.15) is 0 Å². The summed E-state index contributed by atoms with van der Waals surface area (Å²) in [7, 11) is 0.0341. The number of nitrogens with zero attached hydrogens (tertiary/aromatic N) is 1. The lowest BCUT2D eigenvalue weighted by atomic mass is 10.1.